The number of nitrogens with one attached hydrogen (secondary N) is 1. The third-order valence-corrected chi connectivity index (χ3v) is 10.1. The van der Waals surface area contributed by atoms with Crippen molar-refractivity contribution in [2.24, 2.45) is 0 Å². The SMILES string of the molecule is CC[C@H](C)NC(=O)[C@@H](Cc1ccccc1)N(Cc1ccccc1C)C(=O)CN(c1ccc(C)c(C)c1)S(=O)(=O)c1ccccc1. The molecule has 7 nitrogen and oxygen atoms in total. The number of anilines is 1. The van der Waals surface area contributed by atoms with E-state index in [1.807, 2.05) is 95.3 Å². The van der Waals surface area contributed by atoms with Gasteiger partial charge in [-0.2, -0.15) is 0 Å². The third kappa shape index (κ3) is 8.39. The Labute approximate surface area is 268 Å². The summed E-state index contributed by atoms with van der Waals surface area (Å²) in [5, 5.41) is 3.08. The van der Waals surface area contributed by atoms with Crippen LogP contribution >= 0.6 is 0 Å². The lowest BCUT2D eigenvalue weighted by molar-refractivity contribution is -0.140. The van der Waals surface area contributed by atoms with Crippen LogP contribution < -0.4 is 9.62 Å². The molecule has 0 saturated heterocycles. The van der Waals surface area contributed by atoms with E-state index in [1.54, 1.807) is 35.2 Å². The molecule has 4 rings (SSSR count). The molecule has 0 heterocycles. The summed E-state index contributed by atoms with van der Waals surface area (Å²) < 4.78 is 29.5. The molecular weight excluding hydrogens is 582 g/mol. The quantitative estimate of drug-likeness (QED) is 0.187. The minimum Gasteiger partial charge on any atom is -0.352 e. The van der Waals surface area contributed by atoms with Crippen LogP contribution in [0.15, 0.2) is 108 Å². The lowest BCUT2D eigenvalue weighted by Gasteiger charge is -2.34. The number of amides is 2. The molecule has 4 aromatic rings. The zero-order chi connectivity index (χ0) is 32.6. The highest BCUT2D eigenvalue weighted by atomic mass is 32.2. The van der Waals surface area contributed by atoms with Gasteiger partial charge in [0.15, 0.2) is 0 Å². The van der Waals surface area contributed by atoms with Crippen LogP contribution in [-0.2, 0) is 32.6 Å². The van der Waals surface area contributed by atoms with Gasteiger partial charge < -0.3 is 10.2 Å². The van der Waals surface area contributed by atoms with Crippen molar-refractivity contribution < 1.29 is 18.0 Å². The van der Waals surface area contributed by atoms with Crippen molar-refractivity contribution in [3.8, 4) is 0 Å². The number of sulfonamides is 1. The number of hydrogen-bond acceptors (Lipinski definition) is 4. The molecule has 45 heavy (non-hydrogen) atoms. The topological polar surface area (TPSA) is 86.8 Å². The molecule has 0 aliphatic heterocycles. The molecular formula is C37H43N3O4S. The van der Waals surface area contributed by atoms with Gasteiger partial charge in [0.25, 0.3) is 10.0 Å². The number of nitrogens with zero attached hydrogens (tertiary/aromatic N) is 2. The van der Waals surface area contributed by atoms with Crippen molar-refractivity contribution in [1.82, 2.24) is 10.2 Å². The molecule has 2 amide bonds. The highest BCUT2D eigenvalue weighted by Gasteiger charge is 2.35. The van der Waals surface area contributed by atoms with E-state index < -0.39 is 28.5 Å². The predicted molar refractivity (Wildman–Crippen MR) is 180 cm³/mol. The van der Waals surface area contributed by atoms with Crippen LogP contribution in [0.4, 0.5) is 5.69 Å². The van der Waals surface area contributed by atoms with Crippen LogP contribution in [0, 0.1) is 20.8 Å². The van der Waals surface area contributed by atoms with Gasteiger partial charge in [-0.3, -0.25) is 13.9 Å². The summed E-state index contributed by atoms with van der Waals surface area (Å²) in [6.45, 7) is 9.41. The molecule has 0 radical (unpaired) electrons. The maximum Gasteiger partial charge on any atom is 0.264 e. The van der Waals surface area contributed by atoms with Gasteiger partial charge in [0.1, 0.15) is 12.6 Å². The van der Waals surface area contributed by atoms with Gasteiger partial charge in [-0.1, -0.05) is 85.8 Å². The third-order valence-electron chi connectivity index (χ3n) is 8.26. The minimum absolute atomic E-state index is 0.0804. The molecule has 0 spiro atoms. The second-order valence-corrected chi connectivity index (χ2v) is 13.4. The average molecular weight is 626 g/mol. The van der Waals surface area contributed by atoms with Crippen molar-refractivity contribution in [3.05, 3.63) is 131 Å². The standard InChI is InChI=1S/C37H43N3O4S/c1-6-30(5)38-37(42)35(24-31-16-9-7-10-17-31)39(25-32-18-14-13-15-28(32)3)36(41)26-40(33-22-21-27(2)29(4)23-33)45(43,44)34-19-11-8-12-20-34/h7-23,30,35H,6,24-26H2,1-5H3,(H,38,42)/t30-,35+/m0/s1. The zero-order valence-corrected chi connectivity index (χ0v) is 27.6. The highest BCUT2D eigenvalue weighted by Crippen LogP contribution is 2.27. The summed E-state index contributed by atoms with van der Waals surface area (Å²) in [4.78, 5) is 30.2. The van der Waals surface area contributed by atoms with Gasteiger partial charge >= 0.3 is 0 Å². The Kier molecular flexibility index (Phi) is 11.2. The smallest absolute Gasteiger partial charge is 0.264 e. The maximum absolute atomic E-state index is 14.6. The van der Waals surface area contributed by atoms with E-state index in [-0.39, 0.29) is 29.8 Å². The summed E-state index contributed by atoms with van der Waals surface area (Å²) in [6, 6.07) is 29.8. The van der Waals surface area contributed by atoms with Crippen molar-refractivity contribution in [2.45, 2.75) is 71.0 Å². The normalized spacial score (nSPS) is 12.6. The molecule has 0 unspecified atom stereocenters. The van der Waals surface area contributed by atoms with Gasteiger partial charge in [-0.15, -0.1) is 0 Å². The van der Waals surface area contributed by atoms with E-state index in [0.717, 1.165) is 38.5 Å². The molecule has 0 fully saturated rings. The van der Waals surface area contributed by atoms with Crippen LogP contribution in [0.3, 0.4) is 0 Å². The van der Waals surface area contributed by atoms with E-state index >= 15 is 0 Å². The fourth-order valence-electron chi connectivity index (χ4n) is 5.10. The van der Waals surface area contributed by atoms with E-state index in [1.165, 1.54) is 12.1 Å². The molecule has 0 aliphatic carbocycles. The number of hydrogen-bond donors (Lipinski definition) is 1. The average Bonchev–Trinajstić information content (AvgIpc) is 3.04. The van der Waals surface area contributed by atoms with Crippen LogP contribution in [0.2, 0.25) is 0 Å². The molecule has 236 valence electrons. The first kappa shape index (κ1) is 33.5. The van der Waals surface area contributed by atoms with Gasteiger partial charge in [0, 0.05) is 19.0 Å². The number of carbonyl (C=O) groups is 2. The summed E-state index contributed by atoms with van der Waals surface area (Å²) >= 11 is 0. The zero-order valence-electron chi connectivity index (χ0n) is 26.7. The number of aryl methyl sites for hydroxylation is 3. The van der Waals surface area contributed by atoms with E-state index in [2.05, 4.69) is 5.32 Å². The second-order valence-electron chi connectivity index (χ2n) is 11.6. The Bertz CT molecular complexity index is 1710. The minimum atomic E-state index is -4.14. The Morgan fingerprint density at radius 2 is 1.40 bits per heavy atom. The van der Waals surface area contributed by atoms with Gasteiger partial charge in [-0.25, -0.2) is 8.42 Å². The molecule has 4 aromatic carbocycles. The first-order valence-corrected chi connectivity index (χ1v) is 16.8. The van der Waals surface area contributed by atoms with Crippen LogP contribution in [0.25, 0.3) is 0 Å². The molecule has 0 bridgehead atoms. The van der Waals surface area contributed by atoms with Crippen molar-refractivity contribution in [1.29, 1.82) is 0 Å². The van der Waals surface area contributed by atoms with Gasteiger partial charge in [-0.05, 0) is 86.2 Å². The maximum atomic E-state index is 14.6. The lowest BCUT2D eigenvalue weighted by atomic mass is 10.0. The first-order valence-electron chi connectivity index (χ1n) is 15.3. The Hall–Kier alpha value is -4.43. The van der Waals surface area contributed by atoms with Crippen molar-refractivity contribution in [2.75, 3.05) is 10.8 Å². The number of benzene rings is 4. The van der Waals surface area contributed by atoms with E-state index in [0.29, 0.717) is 5.69 Å². The Balaban J connectivity index is 1.83. The van der Waals surface area contributed by atoms with Gasteiger partial charge in [0.2, 0.25) is 11.8 Å². The lowest BCUT2D eigenvalue weighted by Crippen LogP contribution is -2.54. The van der Waals surface area contributed by atoms with E-state index in [4.69, 9.17) is 0 Å². The molecule has 2 atom stereocenters. The summed E-state index contributed by atoms with van der Waals surface area (Å²) in [6.07, 6.45) is 1.00. The molecule has 0 saturated carbocycles. The monoisotopic (exact) mass is 625 g/mol. The number of carbonyl (C=O) groups excluding carboxylic acids is 2. The second kappa shape index (κ2) is 15.0. The molecule has 8 heteroatoms. The molecule has 1 N–H and O–H groups in total. The van der Waals surface area contributed by atoms with E-state index in [9.17, 15) is 18.0 Å². The molecule has 0 aromatic heterocycles. The van der Waals surface area contributed by atoms with Crippen LogP contribution in [0.1, 0.15) is 48.1 Å². The Morgan fingerprint density at radius 3 is 2.02 bits per heavy atom. The first-order chi connectivity index (χ1) is 21.5. The van der Waals surface area contributed by atoms with Crippen molar-refractivity contribution in [3.63, 3.8) is 0 Å². The fraction of sp³-hybridized carbons (Fsp3) is 0.297. The summed E-state index contributed by atoms with van der Waals surface area (Å²) in [5.41, 5.74) is 5.04. The Morgan fingerprint density at radius 1 is 0.778 bits per heavy atom. The largest absolute Gasteiger partial charge is 0.352 e. The van der Waals surface area contributed by atoms with Crippen LogP contribution in [0.5, 0.6) is 0 Å². The highest BCUT2D eigenvalue weighted by molar-refractivity contribution is 7.92. The van der Waals surface area contributed by atoms with Crippen LogP contribution in [-0.4, -0.2) is 43.8 Å². The predicted octanol–water partition coefficient (Wildman–Crippen LogP) is 6.36. The summed E-state index contributed by atoms with van der Waals surface area (Å²) in [7, 11) is -4.14. The van der Waals surface area contributed by atoms with Crippen molar-refractivity contribution >= 4 is 27.5 Å². The molecule has 0 aliphatic rings. The fourth-order valence-corrected chi connectivity index (χ4v) is 6.52. The van der Waals surface area contributed by atoms with Gasteiger partial charge in [0.05, 0.1) is 10.6 Å². The summed E-state index contributed by atoms with van der Waals surface area (Å²) in [5.74, 6) is -0.755. The number of rotatable bonds is 13.